The number of ether oxygens (including phenoxy) is 2. The summed E-state index contributed by atoms with van der Waals surface area (Å²) in [5.41, 5.74) is 0.805. The monoisotopic (exact) mass is 382 g/mol. The molecule has 28 heavy (non-hydrogen) atoms. The van der Waals surface area contributed by atoms with Crippen LogP contribution in [0.5, 0.6) is 5.88 Å². The van der Waals surface area contributed by atoms with Gasteiger partial charge < -0.3 is 14.4 Å². The Morgan fingerprint density at radius 2 is 1.93 bits per heavy atom. The average molecular weight is 382 g/mol. The third kappa shape index (κ3) is 4.69. The lowest BCUT2D eigenvalue weighted by atomic mass is 9.92. The summed E-state index contributed by atoms with van der Waals surface area (Å²) in [5.74, 6) is 0.506. The molecule has 0 unspecified atom stereocenters. The van der Waals surface area contributed by atoms with E-state index in [0.717, 1.165) is 36.6 Å². The summed E-state index contributed by atoms with van der Waals surface area (Å²) in [4.78, 5) is 22.5. The van der Waals surface area contributed by atoms with E-state index in [1.807, 2.05) is 20.8 Å². The van der Waals surface area contributed by atoms with E-state index < -0.39 is 5.60 Å². The highest BCUT2D eigenvalue weighted by Gasteiger charge is 2.30. The van der Waals surface area contributed by atoms with Crippen molar-refractivity contribution >= 4 is 17.0 Å². The van der Waals surface area contributed by atoms with E-state index in [1.54, 1.807) is 30.1 Å². The van der Waals surface area contributed by atoms with Gasteiger partial charge in [0.2, 0.25) is 5.88 Å². The number of hydrogen-bond donors (Lipinski definition) is 0. The zero-order valence-electron chi connectivity index (χ0n) is 16.8. The van der Waals surface area contributed by atoms with E-state index in [4.69, 9.17) is 14.7 Å². The van der Waals surface area contributed by atoms with Gasteiger partial charge in [-0.1, -0.05) is 0 Å². The molecule has 1 fully saturated rings. The van der Waals surface area contributed by atoms with E-state index in [0.29, 0.717) is 11.4 Å². The standard InChI is InChI=1S/C21H26N4O3/c1-21(2,3)28-20(26)25(4)15-6-8-16(9-7-15)27-19-17-11-14(12-22)5-10-18(17)23-13-24-19/h5,10-11,13,15-16H,6-9H2,1-4H3/t15-,16-. The molecule has 1 amide bonds. The molecule has 148 valence electrons. The molecule has 1 aromatic carbocycles. The number of amides is 1. The van der Waals surface area contributed by atoms with Crippen molar-refractivity contribution in [3.05, 3.63) is 30.1 Å². The molecule has 2 aromatic rings. The Morgan fingerprint density at radius 3 is 2.57 bits per heavy atom. The van der Waals surface area contributed by atoms with Crippen molar-refractivity contribution in [2.24, 2.45) is 0 Å². The lowest BCUT2D eigenvalue weighted by Gasteiger charge is -2.35. The fourth-order valence-corrected chi connectivity index (χ4v) is 3.39. The van der Waals surface area contributed by atoms with Crippen LogP contribution in [0.15, 0.2) is 24.5 Å². The Morgan fingerprint density at radius 1 is 1.21 bits per heavy atom. The molecule has 7 heteroatoms. The van der Waals surface area contributed by atoms with Crippen LogP contribution in [0.4, 0.5) is 4.79 Å². The molecule has 1 heterocycles. The molecule has 7 nitrogen and oxygen atoms in total. The quantitative estimate of drug-likeness (QED) is 0.795. The molecule has 0 bridgehead atoms. The van der Waals surface area contributed by atoms with Crippen LogP contribution in [0.25, 0.3) is 10.9 Å². The predicted molar refractivity (Wildman–Crippen MR) is 105 cm³/mol. The summed E-state index contributed by atoms with van der Waals surface area (Å²) >= 11 is 0. The Labute approximate surface area is 165 Å². The van der Waals surface area contributed by atoms with Gasteiger partial charge in [0.15, 0.2) is 0 Å². The highest BCUT2D eigenvalue weighted by Crippen LogP contribution is 2.29. The van der Waals surface area contributed by atoms with Gasteiger partial charge in [-0.3, -0.25) is 0 Å². The van der Waals surface area contributed by atoms with Crippen LogP contribution in [-0.4, -0.2) is 45.8 Å². The zero-order valence-corrected chi connectivity index (χ0v) is 16.8. The molecule has 0 atom stereocenters. The van der Waals surface area contributed by atoms with Crippen molar-refractivity contribution in [3.63, 3.8) is 0 Å². The Bertz CT molecular complexity index is 893. The van der Waals surface area contributed by atoms with E-state index in [-0.39, 0.29) is 18.2 Å². The number of carbonyl (C=O) groups is 1. The molecule has 3 rings (SSSR count). The number of hydrogen-bond acceptors (Lipinski definition) is 6. The van der Waals surface area contributed by atoms with E-state index in [1.165, 1.54) is 6.33 Å². The number of nitrogens with zero attached hydrogens (tertiary/aromatic N) is 4. The topological polar surface area (TPSA) is 88.3 Å². The molecule has 0 aliphatic heterocycles. The van der Waals surface area contributed by atoms with Crippen LogP contribution in [0, 0.1) is 11.3 Å². The third-order valence-electron chi connectivity index (χ3n) is 4.88. The normalized spacial score (nSPS) is 19.7. The van der Waals surface area contributed by atoms with Crippen molar-refractivity contribution in [2.75, 3.05) is 7.05 Å². The average Bonchev–Trinajstić information content (AvgIpc) is 2.66. The van der Waals surface area contributed by atoms with Crippen LogP contribution in [0.3, 0.4) is 0 Å². The number of aromatic nitrogens is 2. The fraction of sp³-hybridized carbons (Fsp3) is 0.524. The smallest absolute Gasteiger partial charge is 0.410 e. The molecule has 0 saturated heterocycles. The number of benzene rings is 1. The molecule has 0 radical (unpaired) electrons. The lowest BCUT2D eigenvalue weighted by Crippen LogP contribution is -2.43. The summed E-state index contributed by atoms with van der Waals surface area (Å²) in [6.07, 6.45) is 4.53. The SMILES string of the molecule is CN(C(=O)OC(C)(C)C)[C@H]1CC[C@H](Oc2ncnc3ccc(C#N)cc23)CC1. The van der Waals surface area contributed by atoms with Crippen LogP contribution in [-0.2, 0) is 4.74 Å². The lowest BCUT2D eigenvalue weighted by molar-refractivity contribution is 0.0138. The molecule has 1 aromatic heterocycles. The van der Waals surface area contributed by atoms with Gasteiger partial charge in [-0.05, 0) is 64.7 Å². The second-order valence-corrected chi connectivity index (χ2v) is 8.16. The minimum absolute atomic E-state index is 0.0205. The Hall–Kier alpha value is -2.88. The zero-order chi connectivity index (χ0) is 20.3. The Balaban J connectivity index is 1.63. The number of carbonyl (C=O) groups excluding carboxylic acids is 1. The van der Waals surface area contributed by atoms with E-state index in [2.05, 4.69) is 16.0 Å². The van der Waals surface area contributed by atoms with Crippen LogP contribution in [0.2, 0.25) is 0 Å². The molecular formula is C21H26N4O3. The number of rotatable bonds is 3. The second kappa shape index (κ2) is 8.01. The summed E-state index contributed by atoms with van der Waals surface area (Å²) in [6.45, 7) is 5.60. The molecule has 0 N–H and O–H groups in total. The van der Waals surface area contributed by atoms with Crippen molar-refractivity contribution in [1.29, 1.82) is 5.26 Å². The highest BCUT2D eigenvalue weighted by molar-refractivity contribution is 5.84. The van der Waals surface area contributed by atoms with Gasteiger partial charge in [0, 0.05) is 13.1 Å². The number of fused-ring (bicyclic) bond motifs is 1. The maximum Gasteiger partial charge on any atom is 0.410 e. The van der Waals surface area contributed by atoms with Gasteiger partial charge in [-0.15, -0.1) is 0 Å². The van der Waals surface area contributed by atoms with Gasteiger partial charge in [0.05, 0.1) is 22.5 Å². The number of nitriles is 1. The van der Waals surface area contributed by atoms with E-state index in [9.17, 15) is 4.79 Å². The minimum atomic E-state index is -0.498. The first-order valence-corrected chi connectivity index (χ1v) is 9.54. The predicted octanol–water partition coefficient (Wildman–Crippen LogP) is 4.06. The largest absolute Gasteiger partial charge is 0.474 e. The second-order valence-electron chi connectivity index (χ2n) is 8.16. The van der Waals surface area contributed by atoms with Crippen LogP contribution in [0.1, 0.15) is 52.0 Å². The molecule has 1 saturated carbocycles. The van der Waals surface area contributed by atoms with Crippen molar-refractivity contribution in [3.8, 4) is 11.9 Å². The molecule has 1 aliphatic rings. The van der Waals surface area contributed by atoms with E-state index >= 15 is 0 Å². The van der Waals surface area contributed by atoms with Gasteiger partial charge >= 0.3 is 6.09 Å². The first kappa shape index (κ1) is 19.9. The maximum absolute atomic E-state index is 12.3. The van der Waals surface area contributed by atoms with Gasteiger partial charge in [-0.2, -0.15) is 5.26 Å². The fourth-order valence-electron chi connectivity index (χ4n) is 3.39. The first-order valence-electron chi connectivity index (χ1n) is 9.54. The molecule has 0 spiro atoms. The van der Waals surface area contributed by atoms with Crippen molar-refractivity contribution < 1.29 is 14.3 Å². The molecule has 1 aliphatic carbocycles. The Kier molecular flexibility index (Phi) is 5.68. The van der Waals surface area contributed by atoms with Gasteiger partial charge in [0.25, 0.3) is 0 Å². The van der Waals surface area contributed by atoms with Crippen molar-refractivity contribution in [1.82, 2.24) is 14.9 Å². The van der Waals surface area contributed by atoms with Gasteiger partial charge in [-0.25, -0.2) is 14.8 Å². The van der Waals surface area contributed by atoms with Crippen LogP contribution >= 0.6 is 0 Å². The summed E-state index contributed by atoms with van der Waals surface area (Å²) in [7, 11) is 1.79. The summed E-state index contributed by atoms with van der Waals surface area (Å²) < 4.78 is 11.6. The summed E-state index contributed by atoms with van der Waals surface area (Å²) in [5, 5.41) is 9.88. The van der Waals surface area contributed by atoms with Crippen LogP contribution < -0.4 is 4.74 Å². The van der Waals surface area contributed by atoms with Gasteiger partial charge in [0.1, 0.15) is 18.0 Å². The highest BCUT2D eigenvalue weighted by atomic mass is 16.6. The minimum Gasteiger partial charge on any atom is -0.474 e. The van der Waals surface area contributed by atoms with Crippen molar-refractivity contribution in [2.45, 2.75) is 64.2 Å². The maximum atomic E-state index is 12.3. The first-order chi connectivity index (χ1) is 13.3. The molecular weight excluding hydrogens is 356 g/mol. The third-order valence-corrected chi connectivity index (χ3v) is 4.88. The summed E-state index contributed by atoms with van der Waals surface area (Å²) in [6, 6.07) is 7.57.